The zero-order chi connectivity index (χ0) is 15.1. The van der Waals surface area contributed by atoms with Crippen molar-refractivity contribution in [1.82, 2.24) is 20.4 Å². The lowest BCUT2D eigenvalue weighted by molar-refractivity contribution is 0.0588. The van der Waals surface area contributed by atoms with Crippen LogP contribution in [-0.2, 0) is 4.74 Å². The smallest absolute Gasteiger partial charge is 0.374 e. The van der Waals surface area contributed by atoms with Crippen LogP contribution in [0.1, 0.15) is 21.9 Å². The van der Waals surface area contributed by atoms with Crippen molar-refractivity contribution in [3.8, 4) is 0 Å². The number of rotatable bonds is 2. The molecule has 0 spiro atoms. The Balaban J connectivity index is 1.73. The molecule has 2 aromatic rings. The number of H-pyrrole nitrogens is 1. The number of pyridine rings is 1. The van der Waals surface area contributed by atoms with Crippen LogP contribution in [0.3, 0.4) is 0 Å². The lowest BCUT2D eigenvalue weighted by atomic mass is 9.99. The van der Waals surface area contributed by atoms with Crippen molar-refractivity contribution in [3.63, 3.8) is 0 Å². The van der Waals surface area contributed by atoms with Gasteiger partial charge in [-0.2, -0.15) is 5.10 Å². The molecule has 1 unspecified atom stereocenters. The van der Waals surface area contributed by atoms with E-state index < -0.39 is 5.97 Å². The summed E-state index contributed by atoms with van der Waals surface area (Å²) in [6.07, 6.45) is 5.19. The summed E-state index contributed by atoms with van der Waals surface area (Å²) >= 11 is 0. The van der Waals surface area contributed by atoms with Crippen molar-refractivity contribution in [1.29, 1.82) is 0 Å². The second-order valence-corrected chi connectivity index (χ2v) is 4.84. The molecule has 4 heterocycles. The Morgan fingerprint density at radius 3 is 2.91 bits per heavy atom. The van der Waals surface area contributed by atoms with Gasteiger partial charge in [0.15, 0.2) is 5.82 Å². The topological polar surface area (TPSA) is 104 Å². The van der Waals surface area contributed by atoms with E-state index in [1.807, 2.05) is 18.2 Å². The van der Waals surface area contributed by atoms with Crippen molar-refractivity contribution in [2.24, 2.45) is 5.10 Å². The van der Waals surface area contributed by atoms with Crippen molar-refractivity contribution < 1.29 is 9.53 Å². The van der Waals surface area contributed by atoms with Crippen LogP contribution in [0.4, 0.5) is 5.82 Å². The van der Waals surface area contributed by atoms with Crippen molar-refractivity contribution in [2.75, 3.05) is 12.4 Å². The van der Waals surface area contributed by atoms with Crippen LogP contribution in [-0.4, -0.2) is 39.9 Å². The highest BCUT2D eigenvalue weighted by Gasteiger charge is 2.31. The zero-order valence-corrected chi connectivity index (χ0v) is 11.6. The highest BCUT2D eigenvalue weighted by molar-refractivity contribution is 6.17. The van der Waals surface area contributed by atoms with Gasteiger partial charge in [0.25, 0.3) is 0 Å². The number of nitrogens with zero attached hydrogens (tertiary/aromatic N) is 3. The monoisotopic (exact) mass is 296 g/mol. The van der Waals surface area contributed by atoms with Gasteiger partial charge in [-0.1, -0.05) is 0 Å². The number of anilines is 1. The summed E-state index contributed by atoms with van der Waals surface area (Å²) in [5.74, 6) is 0.253. The van der Waals surface area contributed by atoms with Crippen LogP contribution in [0.2, 0.25) is 0 Å². The fraction of sp³-hybridized carbons (Fsp3) is 0.143. The molecule has 0 bridgehead atoms. The predicted octanol–water partition coefficient (Wildman–Crippen LogP) is 0.734. The Morgan fingerprint density at radius 1 is 1.32 bits per heavy atom. The van der Waals surface area contributed by atoms with E-state index in [4.69, 9.17) is 0 Å². The van der Waals surface area contributed by atoms with Crippen LogP contribution in [0, 0.1) is 0 Å². The van der Waals surface area contributed by atoms with Crippen LogP contribution in [0.5, 0.6) is 0 Å². The summed E-state index contributed by atoms with van der Waals surface area (Å²) in [5, 5.41) is 7.56. The first kappa shape index (κ1) is 12.6. The quantitative estimate of drug-likeness (QED) is 0.706. The molecule has 2 aliphatic heterocycles. The van der Waals surface area contributed by atoms with E-state index in [1.54, 1.807) is 12.4 Å². The largest absolute Gasteiger partial charge is 0.463 e. The fourth-order valence-corrected chi connectivity index (χ4v) is 2.49. The van der Waals surface area contributed by atoms with E-state index in [2.05, 4.69) is 35.5 Å². The number of imidazole rings is 1. The number of esters is 1. The number of nitrogens with one attached hydrogen (secondary N) is 3. The molecule has 22 heavy (non-hydrogen) atoms. The van der Waals surface area contributed by atoms with Crippen LogP contribution >= 0.6 is 0 Å². The maximum Gasteiger partial charge on any atom is 0.374 e. The number of methoxy groups -OCH3 is 1. The summed E-state index contributed by atoms with van der Waals surface area (Å²) in [6.45, 7) is 0. The van der Waals surface area contributed by atoms with E-state index in [0.29, 0.717) is 5.82 Å². The molecule has 110 valence electrons. The van der Waals surface area contributed by atoms with Gasteiger partial charge in [-0.3, -0.25) is 10.4 Å². The van der Waals surface area contributed by atoms with Crippen LogP contribution in [0.15, 0.2) is 35.2 Å². The van der Waals surface area contributed by atoms with E-state index >= 15 is 0 Å². The fourth-order valence-electron chi connectivity index (χ4n) is 2.49. The third-order valence-electron chi connectivity index (χ3n) is 3.54. The summed E-state index contributed by atoms with van der Waals surface area (Å²) in [5.41, 5.74) is 6.51. The van der Waals surface area contributed by atoms with Crippen molar-refractivity contribution in [2.45, 2.75) is 6.17 Å². The van der Waals surface area contributed by atoms with Crippen LogP contribution in [0.25, 0.3) is 6.08 Å². The number of hydrazone groups is 1. The average Bonchev–Trinajstić information content (AvgIpc) is 3.15. The molecule has 8 nitrogen and oxygen atoms in total. The number of hydrogen-bond donors (Lipinski definition) is 3. The second-order valence-electron chi connectivity index (χ2n) is 4.84. The first-order valence-electron chi connectivity index (χ1n) is 6.66. The zero-order valence-electron chi connectivity index (χ0n) is 11.6. The first-order chi connectivity index (χ1) is 10.8. The summed E-state index contributed by atoms with van der Waals surface area (Å²) in [6, 6.07) is 3.79. The maximum atomic E-state index is 11.6. The molecule has 0 aromatic carbocycles. The molecule has 8 heteroatoms. The highest BCUT2D eigenvalue weighted by atomic mass is 16.5. The average molecular weight is 296 g/mol. The highest BCUT2D eigenvalue weighted by Crippen LogP contribution is 2.29. The molecule has 0 aliphatic carbocycles. The van der Waals surface area contributed by atoms with Gasteiger partial charge in [-0.25, -0.2) is 9.78 Å². The molecule has 0 saturated heterocycles. The van der Waals surface area contributed by atoms with Gasteiger partial charge < -0.3 is 15.0 Å². The predicted molar refractivity (Wildman–Crippen MR) is 79.2 cm³/mol. The number of aromatic nitrogens is 3. The Morgan fingerprint density at radius 2 is 2.14 bits per heavy atom. The Kier molecular flexibility index (Phi) is 2.68. The normalized spacial score (nSPS) is 18.3. The summed E-state index contributed by atoms with van der Waals surface area (Å²) < 4.78 is 4.67. The minimum atomic E-state index is -0.504. The van der Waals surface area contributed by atoms with E-state index in [0.717, 1.165) is 22.5 Å². The molecule has 4 rings (SSSR count). The molecule has 0 saturated carbocycles. The maximum absolute atomic E-state index is 11.6. The number of carbonyl (C=O) groups excluding carboxylic acids is 1. The number of fused-ring (bicyclic) bond motifs is 2. The molecule has 2 aliphatic rings. The number of aromatic amines is 1. The van der Waals surface area contributed by atoms with Crippen LogP contribution < -0.4 is 10.7 Å². The first-order valence-corrected chi connectivity index (χ1v) is 6.66. The van der Waals surface area contributed by atoms with Gasteiger partial charge in [0.2, 0.25) is 5.82 Å². The Hall–Kier alpha value is -3.16. The number of ether oxygens (including phenoxy) is 1. The van der Waals surface area contributed by atoms with Gasteiger partial charge >= 0.3 is 5.97 Å². The second kappa shape index (κ2) is 4.69. The summed E-state index contributed by atoms with van der Waals surface area (Å²) in [7, 11) is 1.32. The van der Waals surface area contributed by atoms with E-state index in [1.165, 1.54) is 7.11 Å². The lowest BCUT2D eigenvalue weighted by Crippen LogP contribution is -2.33. The third-order valence-corrected chi connectivity index (χ3v) is 3.54. The molecule has 0 amide bonds. The Labute approximate surface area is 125 Å². The lowest BCUT2D eigenvalue weighted by Gasteiger charge is -2.19. The SMILES string of the molecule is COC(=O)c1nc2c([nH]1)C=C1C(c3ccncc3)=NNC1N2. The van der Waals surface area contributed by atoms with Gasteiger partial charge in [-0.15, -0.1) is 0 Å². The van der Waals surface area contributed by atoms with Gasteiger partial charge in [0.05, 0.1) is 18.5 Å². The molecule has 2 aromatic heterocycles. The molecule has 1 atom stereocenters. The van der Waals surface area contributed by atoms with E-state index in [-0.39, 0.29) is 12.0 Å². The Bertz CT molecular complexity index is 808. The van der Waals surface area contributed by atoms with Gasteiger partial charge in [0, 0.05) is 23.5 Å². The standard InChI is InChI=1S/C14H12N6O2/c1-22-14(21)13-16-9-6-8-10(7-2-4-15-5-3-7)19-20-11(8)17-12(9)18-13/h2-6,11,17,20H,1H3,(H,16,18). The molecule has 3 N–H and O–H groups in total. The number of hydrogen-bond acceptors (Lipinski definition) is 7. The summed E-state index contributed by atoms with van der Waals surface area (Å²) in [4.78, 5) is 22.7. The number of carbonyl (C=O) groups is 1. The van der Waals surface area contributed by atoms with Gasteiger partial charge in [0.1, 0.15) is 6.17 Å². The minimum Gasteiger partial charge on any atom is -0.463 e. The van der Waals surface area contributed by atoms with Crippen molar-refractivity contribution >= 4 is 23.6 Å². The molecule has 0 radical (unpaired) electrons. The molecule has 0 fully saturated rings. The van der Waals surface area contributed by atoms with Gasteiger partial charge in [-0.05, 0) is 18.2 Å². The van der Waals surface area contributed by atoms with E-state index in [9.17, 15) is 4.79 Å². The minimum absolute atomic E-state index is 0.166. The van der Waals surface area contributed by atoms with Crippen molar-refractivity contribution in [3.05, 3.63) is 47.2 Å². The third kappa shape index (κ3) is 1.85. The molecular formula is C14H12N6O2. The molecular weight excluding hydrogens is 284 g/mol.